The molecule has 2 rings (SSSR count). The van der Waals surface area contributed by atoms with Crippen LogP contribution >= 0.6 is 12.2 Å². The number of thiocarbonyl (C=S) groups is 1. The molecule has 1 aliphatic carbocycles. The molecule has 2 atom stereocenters. The minimum Gasteiger partial charge on any atom is -0.377 e. The zero-order valence-corrected chi connectivity index (χ0v) is 10.0. The Morgan fingerprint density at radius 2 is 1.73 bits per heavy atom. The number of likely N-dealkylation sites (tertiary alicyclic amines) is 1. The fourth-order valence-corrected chi connectivity index (χ4v) is 2.17. The lowest BCUT2D eigenvalue weighted by molar-refractivity contribution is -0.00461. The predicted molar refractivity (Wildman–Crippen MR) is 61.9 cm³/mol. The standard InChI is InChI=1S/C10H18N2O2S/c1-13-8-5-12(6-9(8)14-2)10(15)11-7-3-4-7/h7-9H,3-6H2,1-2H3,(H,11,15). The van der Waals surface area contributed by atoms with E-state index in [0.29, 0.717) is 6.04 Å². The van der Waals surface area contributed by atoms with E-state index in [1.807, 2.05) is 0 Å². The van der Waals surface area contributed by atoms with Gasteiger partial charge in [-0.25, -0.2) is 0 Å². The molecule has 2 unspecified atom stereocenters. The summed E-state index contributed by atoms with van der Waals surface area (Å²) in [4.78, 5) is 2.13. The summed E-state index contributed by atoms with van der Waals surface area (Å²) in [5.41, 5.74) is 0. The van der Waals surface area contributed by atoms with Crippen molar-refractivity contribution in [3.8, 4) is 0 Å². The highest BCUT2D eigenvalue weighted by Gasteiger charge is 2.35. The second-order valence-corrected chi connectivity index (χ2v) is 4.56. The van der Waals surface area contributed by atoms with Gasteiger partial charge in [-0.15, -0.1) is 0 Å². The molecule has 5 heteroatoms. The van der Waals surface area contributed by atoms with Gasteiger partial charge in [0, 0.05) is 33.4 Å². The van der Waals surface area contributed by atoms with E-state index >= 15 is 0 Å². The van der Waals surface area contributed by atoms with Gasteiger partial charge in [-0.3, -0.25) is 0 Å². The quantitative estimate of drug-likeness (QED) is 0.708. The summed E-state index contributed by atoms with van der Waals surface area (Å²) in [7, 11) is 3.44. The zero-order chi connectivity index (χ0) is 10.8. The van der Waals surface area contributed by atoms with Gasteiger partial charge in [-0.2, -0.15) is 0 Å². The van der Waals surface area contributed by atoms with Gasteiger partial charge in [-0.05, 0) is 25.1 Å². The summed E-state index contributed by atoms with van der Waals surface area (Å²) in [6, 6.07) is 0.611. The molecule has 0 radical (unpaired) electrons. The van der Waals surface area contributed by atoms with Crippen LogP contribution in [0.15, 0.2) is 0 Å². The lowest BCUT2D eigenvalue weighted by atomic mass is 10.3. The van der Waals surface area contributed by atoms with Crippen LogP contribution in [0.2, 0.25) is 0 Å². The van der Waals surface area contributed by atoms with Crippen molar-refractivity contribution in [2.45, 2.75) is 31.1 Å². The van der Waals surface area contributed by atoms with Crippen molar-refractivity contribution < 1.29 is 9.47 Å². The highest BCUT2D eigenvalue weighted by Crippen LogP contribution is 2.21. The minimum atomic E-state index is 0.133. The largest absolute Gasteiger partial charge is 0.377 e. The zero-order valence-electron chi connectivity index (χ0n) is 9.23. The van der Waals surface area contributed by atoms with E-state index in [-0.39, 0.29) is 12.2 Å². The fraction of sp³-hybridized carbons (Fsp3) is 0.900. The topological polar surface area (TPSA) is 33.7 Å². The molecule has 1 saturated heterocycles. The molecule has 1 aliphatic heterocycles. The number of methoxy groups -OCH3 is 2. The Kier molecular flexibility index (Phi) is 3.43. The van der Waals surface area contributed by atoms with Crippen LogP contribution in [0.5, 0.6) is 0 Å². The van der Waals surface area contributed by atoms with E-state index in [1.165, 1.54) is 12.8 Å². The van der Waals surface area contributed by atoms with E-state index in [1.54, 1.807) is 14.2 Å². The van der Waals surface area contributed by atoms with Crippen LogP contribution in [0, 0.1) is 0 Å². The van der Waals surface area contributed by atoms with Crippen LogP contribution in [0.4, 0.5) is 0 Å². The van der Waals surface area contributed by atoms with E-state index in [4.69, 9.17) is 21.7 Å². The number of ether oxygens (including phenoxy) is 2. The smallest absolute Gasteiger partial charge is 0.169 e. The number of hydrogen-bond acceptors (Lipinski definition) is 3. The number of rotatable bonds is 3. The first kappa shape index (κ1) is 11.1. The van der Waals surface area contributed by atoms with Crippen molar-refractivity contribution in [1.29, 1.82) is 0 Å². The minimum absolute atomic E-state index is 0.133. The Bertz CT molecular complexity index is 234. The second kappa shape index (κ2) is 4.63. The van der Waals surface area contributed by atoms with Gasteiger partial charge in [0.1, 0.15) is 12.2 Å². The fourth-order valence-electron chi connectivity index (χ4n) is 1.86. The highest BCUT2D eigenvalue weighted by atomic mass is 32.1. The summed E-state index contributed by atoms with van der Waals surface area (Å²) in [5.74, 6) is 0. The average molecular weight is 230 g/mol. The number of nitrogens with one attached hydrogen (secondary N) is 1. The van der Waals surface area contributed by atoms with Crippen LogP contribution in [0.3, 0.4) is 0 Å². The van der Waals surface area contributed by atoms with Crippen molar-refractivity contribution in [2.24, 2.45) is 0 Å². The maximum Gasteiger partial charge on any atom is 0.169 e. The summed E-state index contributed by atoms with van der Waals surface area (Å²) >= 11 is 5.34. The molecule has 86 valence electrons. The molecular formula is C10H18N2O2S. The van der Waals surface area contributed by atoms with Gasteiger partial charge >= 0.3 is 0 Å². The van der Waals surface area contributed by atoms with Crippen molar-refractivity contribution >= 4 is 17.3 Å². The van der Waals surface area contributed by atoms with Gasteiger partial charge in [-0.1, -0.05) is 0 Å². The molecule has 0 aromatic rings. The van der Waals surface area contributed by atoms with E-state index in [9.17, 15) is 0 Å². The first-order chi connectivity index (χ1) is 7.24. The normalized spacial score (nSPS) is 30.7. The van der Waals surface area contributed by atoms with Crippen LogP contribution in [-0.2, 0) is 9.47 Å². The van der Waals surface area contributed by atoms with E-state index in [0.717, 1.165) is 18.2 Å². The van der Waals surface area contributed by atoms with E-state index in [2.05, 4.69) is 10.2 Å². The Hall–Kier alpha value is -0.390. The van der Waals surface area contributed by atoms with Crippen molar-refractivity contribution in [1.82, 2.24) is 10.2 Å². The van der Waals surface area contributed by atoms with Crippen LogP contribution in [0.25, 0.3) is 0 Å². The molecule has 0 bridgehead atoms. The molecular weight excluding hydrogens is 212 g/mol. The Morgan fingerprint density at radius 1 is 1.20 bits per heavy atom. The summed E-state index contributed by atoms with van der Waals surface area (Å²) in [6.07, 6.45) is 2.76. The van der Waals surface area contributed by atoms with Crippen LogP contribution in [-0.4, -0.2) is 55.6 Å². The van der Waals surface area contributed by atoms with Gasteiger partial charge in [0.15, 0.2) is 5.11 Å². The average Bonchev–Trinajstić information content (AvgIpc) is 2.95. The van der Waals surface area contributed by atoms with Gasteiger partial charge in [0.25, 0.3) is 0 Å². The third-order valence-electron chi connectivity index (χ3n) is 3.01. The van der Waals surface area contributed by atoms with Gasteiger partial charge in [0.05, 0.1) is 0 Å². The first-order valence-electron chi connectivity index (χ1n) is 5.35. The molecule has 2 aliphatic rings. The molecule has 2 fully saturated rings. The van der Waals surface area contributed by atoms with Crippen molar-refractivity contribution in [2.75, 3.05) is 27.3 Å². The summed E-state index contributed by atoms with van der Waals surface area (Å²) in [6.45, 7) is 1.65. The highest BCUT2D eigenvalue weighted by molar-refractivity contribution is 7.80. The lowest BCUT2D eigenvalue weighted by Gasteiger charge is -2.19. The number of hydrogen-bond donors (Lipinski definition) is 1. The van der Waals surface area contributed by atoms with Crippen molar-refractivity contribution in [3.63, 3.8) is 0 Å². The van der Waals surface area contributed by atoms with Gasteiger partial charge < -0.3 is 19.7 Å². The first-order valence-corrected chi connectivity index (χ1v) is 5.76. The molecule has 0 spiro atoms. The monoisotopic (exact) mass is 230 g/mol. The molecule has 1 saturated carbocycles. The molecule has 0 aromatic carbocycles. The third kappa shape index (κ3) is 2.59. The lowest BCUT2D eigenvalue weighted by Crippen LogP contribution is -2.40. The van der Waals surface area contributed by atoms with E-state index < -0.39 is 0 Å². The molecule has 4 nitrogen and oxygen atoms in total. The number of nitrogens with zero attached hydrogens (tertiary/aromatic N) is 1. The summed E-state index contributed by atoms with van der Waals surface area (Å²) in [5, 5.41) is 4.18. The molecule has 1 N–H and O–H groups in total. The Morgan fingerprint density at radius 3 is 2.13 bits per heavy atom. The SMILES string of the molecule is COC1CN(C(=S)NC2CC2)CC1OC. The molecule has 0 amide bonds. The second-order valence-electron chi connectivity index (χ2n) is 4.18. The Balaban J connectivity index is 1.85. The third-order valence-corrected chi connectivity index (χ3v) is 3.39. The summed E-state index contributed by atoms with van der Waals surface area (Å²) < 4.78 is 10.7. The molecule has 15 heavy (non-hydrogen) atoms. The van der Waals surface area contributed by atoms with Crippen LogP contribution in [0.1, 0.15) is 12.8 Å². The molecule has 1 heterocycles. The van der Waals surface area contributed by atoms with Crippen LogP contribution < -0.4 is 5.32 Å². The maximum absolute atomic E-state index is 5.36. The molecule has 0 aromatic heterocycles. The van der Waals surface area contributed by atoms with Gasteiger partial charge in [0.2, 0.25) is 0 Å². The maximum atomic E-state index is 5.36. The Labute approximate surface area is 95.9 Å². The predicted octanol–water partition coefficient (Wildman–Crippen LogP) is 0.369. The van der Waals surface area contributed by atoms with Crippen molar-refractivity contribution in [3.05, 3.63) is 0 Å².